The van der Waals surface area contributed by atoms with Crippen LogP contribution in [-0.4, -0.2) is 31.3 Å². The Bertz CT molecular complexity index is 145. The summed E-state index contributed by atoms with van der Waals surface area (Å²) in [6.07, 6.45) is 5.65. The van der Waals surface area contributed by atoms with Crippen molar-refractivity contribution in [3.05, 3.63) is 0 Å². The van der Waals surface area contributed by atoms with E-state index in [0.717, 1.165) is 6.04 Å². The zero-order valence-corrected chi connectivity index (χ0v) is 9.36. The van der Waals surface area contributed by atoms with Gasteiger partial charge in [-0.2, -0.15) is 0 Å². The molecule has 1 aliphatic rings. The van der Waals surface area contributed by atoms with Crippen molar-refractivity contribution in [2.75, 3.05) is 13.1 Å². The molecule has 1 aliphatic heterocycles. The lowest BCUT2D eigenvalue weighted by Crippen LogP contribution is -2.38. The van der Waals surface area contributed by atoms with Gasteiger partial charge in [0.25, 0.3) is 0 Å². The van der Waals surface area contributed by atoms with Crippen molar-refractivity contribution >= 4 is 7.25 Å². The molecule has 1 atom stereocenters. The summed E-state index contributed by atoms with van der Waals surface area (Å²) < 4.78 is 39.0. The molecule has 1 rings (SSSR count). The molecule has 0 aromatic rings. The molecule has 0 aromatic carbocycles. The highest BCUT2D eigenvalue weighted by atomic mass is 19.5. The number of hydrogen-bond acceptors (Lipinski definition) is 1. The first kappa shape index (κ1) is 14.7. The number of halogens is 4. The van der Waals surface area contributed by atoms with Gasteiger partial charge in [0, 0.05) is 6.04 Å². The van der Waals surface area contributed by atoms with Gasteiger partial charge in [-0.25, -0.2) is 0 Å². The van der Waals surface area contributed by atoms with Crippen molar-refractivity contribution in [2.45, 2.75) is 45.6 Å². The monoisotopic (exact) mass is 228 g/mol. The molecule has 15 heavy (non-hydrogen) atoms. The molecule has 0 N–H and O–H groups in total. The topological polar surface area (TPSA) is 3.24 Å². The maximum Gasteiger partial charge on any atom is 0.673 e. The van der Waals surface area contributed by atoms with Gasteiger partial charge in [-0.05, 0) is 32.4 Å². The van der Waals surface area contributed by atoms with E-state index in [-0.39, 0.29) is 0 Å². The standard InChI is InChI=1S/C9H19N.BF4/c1-3-9-7-5-6-8-10(9)4-2;2-1(3,4)5/h9H,3-8H2,1-2H3;/q;-1. The molecule has 0 bridgehead atoms. The first-order chi connectivity index (χ1) is 6.88. The number of rotatable bonds is 2. The molecule has 1 fully saturated rings. The summed E-state index contributed by atoms with van der Waals surface area (Å²) >= 11 is 0. The number of nitrogens with zero attached hydrogens (tertiary/aromatic N) is 1. The van der Waals surface area contributed by atoms with Crippen molar-refractivity contribution < 1.29 is 17.3 Å². The van der Waals surface area contributed by atoms with Crippen LogP contribution in [0.25, 0.3) is 0 Å². The van der Waals surface area contributed by atoms with Gasteiger partial charge in [0.1, 0.15) is 0 Å². The van der Waals surface area contributed by atoms with Crippen LogP contribution >= 0.6 is 0 Å². The SMILES string of the molecule is CCC1CCCCN1CC.F[B-](F)(F)F. The maximum atomic E-state index is 9.75. The van der Waals surface area contributed by atoms with E-state index in [1.165, 1.54) is 38.8 Å². The molecule has 1 saturated heterocycles. The predicted octanol–water partition coefficient (Wildman–Crippen LogP) is 3.57. The molecule has 1 unspecified atom stereocenters. The van der Waals surface area contributed by atoms with Crippen molar-refractivity contribution in [3.63, 3.8) is 0 Å². The fourth-order valence-corrected chi connectivity index (χ4v) is 1.94. The minimum Gasteiger partial charge on any atom is -0.418 e. The van der Waals surface area contributed by atoms with Crippen LogP contribution in [-0.2, 0) is 0 Å². The fraction of sp³-hybridized carbons (Fsp3) is 1.00. The Morgan fingerprint density at radius 1 is 1.13 bits per heavy atom. The van der Waals surface area contributed by atoms with Crippen LogP contribution in [0.3, 0.4) is 0 Å². The Balaban J connectivity index is 0.000000336. The van der Waals surface area contributed by atoms with Gasteiger partial charge in [-0.15, -0.1) is 0 Å². The van der Waals surface area contributed by atoms with E-state index in [4.69, 9.17) is 0 Å². The molecule has 0 amide bonds. The predicted molar refractivity (Wildman–Crippen MR) is 55.4 cm³/mol. The third kappa shape index (κ3) is 8.72. The molecule has 1 heterocycles. The van der Waals surface area contributed by atoms with Gasteiger partial charge < -0.3 is 22.2 Å². The third-order valence-corrected chi connectivity index (χ3v) is 2.63. The molecule has 6 heteroatoms. The zero-order chi connectivity index (χ0) is 11.9. The molecular weight excluding hydrogens is 209 g/mol. The van der Waals surface area contributed by atoms with Crippen LogP contribution in [0.2, 0.25) is 0 Å². The quantitative estimate of drug-likeness (QED) is 0.515. The maximum absolute atomic E-state index is 9.75. The summed E-state index contributed by atoms with van der Waals surface area (Å²) in [7, 11) is -6.00. The van der Waals surface area contributed by atoms with Crippen LogP contribution in [0.1, 0.15) is 39.5 Å². The van der Waals surface area contributed by atoms with Gasteiger partial charge in [-0.3, -0.25) is 0 Å². The average Bonchev–Trinajstić information content (AvgIpc) is 2.15. The van der Waals surface area contributed by atoms with Crippen LogP contribution in [0.5, 0.6) is 0 Å². The summed E-state index contributed by atoms with van der Waals surface area (Å²) in [5.41, 5.74) is 0. The molecule has 1 nitrogen and oxygen atoms in total. The van der Waals surface area contributed by atoms with Gasteiger partial charge in [-0.1, -0.05) is 20.3 Å². The number of piperidine rings is 1. The second-order valence-corrected chi connectivity index (χ2v) is 3.68. The molecule has 92 valence electrons. The lowest BCUT2D eigenvalue weighted by atomic mass is 10.0. The second-order valence-electron chi connectivity index (χ2n) is 3.68. The fourth-order valence-electron chi connectivity index (χ4n) is 1.94. The third-order valence-electron chi connectivity index (χ3n) is 2.63. The molecule has 0 aliphatic carbocycles. The zero-order valence-electron chi connectivity index (χ0n) is 9.36. The minimum atomic E-state index is -6.00. The number of hydrogen-bond donors (Lipinski definition) is 0. The Morgan fingerprint density at radius 3 is 2.00 bits per heavy atom. The minimum absolute atomic E-state index is 0.902. The van der Waals surface area contributed by atoms with Crippen molar-refractivity contribution in [3.8, 4) is 0 Å². The molecular formula is C9H19BF4N-. The van der Waals surface area contributed by atoms with Crippen molar-refractivity contribution in [1.29, 1.82) is 0 Å². The average molecular weight is 228 g/mol. The normalized spacial score (nSPS) is 23.2. The lowest BCUT2D eigenvalue weighted by molar-refractivity contribution is 0.152. The highest BCUT2D eigenvalue weighted by Gasteiger charge is 2.20. The molecule has 0 saturated carbocycles. The van der Waals surface area contributed by atoms with E-state index in [1.54, 1.807) is 0 Å². The van der Waals surface area contributed by atoms with E-state index < -0.39 is 7.25 Å². The highest BCUT2D eigenvalue weighted by Crippen LogP contribution is 2.18. The Labute approximate surface area is 88.9 Å². The van der Waals surface area contributed by atoms with Gasteiger partial charge >= 0.3 is 7.25 Å². The second kappa shape index (κ2) is 7.09. The van der Waals surface area contributed by atoms with Gasteiger partial charge in [0.2, 0.25) is 0 Å². The van der Waals surface area contributed by atoms with E-state index in [9.17, 15) is 17.3 Å². The smallest absolute Gasteiger partial charge is 0.418 e. The highest BCUT2D eigenvalue weighted by molar-refractivity contribution is 6.50. The van der Waals surface area contributed by atoms with Crippen molar-refractivity contribution in [2.24, 2.45) is 0 Å². The van der Waals surface area contributed by atoms with Crippen LogP contribution < -0.4 is 0 Å². The largest absolute Gasteiger partial charge is 0.673 e. The summed E-state index contributed by atoms with van der Waals surface area (Å²) in [4.78, 5) is 2.61. The first-order valence-corrected chi connectivity index (χ1v) is 5.49. The molecule has 0 spiro atoms. The summed E-state index contributed by atoms with van der Waals surface area (Å²) in [6.45, 7) is 7.17. The summed E-state index contributed by atoms with van der Waals surface area (Å²) in [5, 5.41) is 0. The Kier molecular flexibility index (Phi) is 6.97. The first-order valence-electron chi connectivity index (χ1n) is 5.49. The summed E-state index contributed by atoms with van der Waals surface area (Å²) in [6, 6.07) is 0.902. The van der Waals surface area contributed by atoms with Crippen LogP contribution in [0.4, 0.5) is 17.3 Å². The van der Waals surface area contributed by atoms with E-state index in [2.05, 4.69) is 18.7 Å². The lowest BCUT2D eigenvalue weighted by Gasteiger charge is -2.34. The number of likely N-dealkylation sites (tertiary alicyclic amines) is 1. The van der Waals surface area contributed by atoms with Gasteiger partial charge in [0.05, 0.1) is 0 Å². The molecule has 0 aromatic heterocycles. The summed E-state index contributed by atoms with van der Waals surface area (Å²) in [5.74, 6) is 0. The Hall–Kier alpha value is -0.255. The van der Waals surface area contributed by atoms with E-state index in [0.29, 0.717) is 0 Å². The van der Waals surface area contributed by atoms with E-state index in [1.807, 2.05) is 0 Å². The van der Waals surface area contributed by atoms with Crippen LogP contribution in [0, 0.1) is 0 Å². The molecule has 0 radical (unpaired) electrons. The van der Waals surface area contributed by atoms with E-state index >= 15 is 0 Å². The Morgan fingerprint density at radius 2 is 1.67 bits per heavy atom. The van der Waals surface area contributed by atoms with Crippen molar-refractivity contribution in [1.82, 2.24) is 4.90 Å². The van der Waals surface area contributed by atoms with Gasteiger partial charge in [0.15, 0.2) is 0 Å². The van der Waals surface area contributed by atoms with Crippen LogP contribution in [0.15, 0.2) is 0 Å².